The topological polar surface area (TPSA) is 51.6 Å². The number of hydrogen-bond acceptors (Lipinski definition) is 4. The van der Waals surface area contributed by atoms with Crippen molar-refractivity contribution in [2.75, 3.05) is 6.61 Å². The number of hydrogen-bond donors (Lipinski definition) is 1. The quantitative estimate of drug-likeness (QED) is 0.811. The number of aliphatic hydroxyl groups is 1. The molecule has 102 valence electrons. The lowest BCUT2D eigenvalue weighted by Gasteiger charge is -2.13. The summed E-state index contributed by atoms with van der Waals surface area (Å²) in [7, 11) is 0. The van der Waals surface area contributed by atoms with Crippen LogP contribution in [0.5, 0.6) is 11.8 Å². The maximum atomic E-state index is 9.70. The molecule has 0 aliphatic rings. The Kier molecular flexibility index (Phi) is 5.92. The maximum Gasteiger partial charge on any atom is 0.217 e. The molecule has 0 aliphatic heterocycles. The Morgan fingerprint density at radius 3 is 2.44 bits per heavy atom. The highest BCUT2D eigenvalue weighted by Gasteiger charge is 2.09. The van der Waals surface area contributed by atoms with Crippen LogP contribution in [0.15, 0.2) is 12.1 Å². The predicted molar refractivity (Wildman–Crippen MR) is 71.2 cm³/mol. The van der Waals surface area contributed by atoms with Crippen LogP contribution >= 0.6 is 0 Å². The van der Waals surface area contributed by atoms with Gasteiger partial charge in [0.05, 0.1) is 18.8 Å². The second-order valence-electron chi connectivity index (χ2n) is 4.52. The van der Waals surface area contributed by atoms with Gasteiger partial charge in [0.25, 0.3) is 0 Å². The zero-order chi connectivity index (χ0) is 13.5. The molecule has 1 heterocycles. The lowest BCUT2D eigenvalue weighted by Crippen LogP contribution is -2.11. The first-order valence-corrected chi connectivity index (χ1v) is 6.53. The van der Waals surface area contributed by atoms with Crippen LogP contribution in [0.2, 0.25) is 0 Å². The summed E-state index contributed by atoms with van der Waals surface area (Å²) in [6.07, 6.45) is 1.05. The first kappa shape index (κ1) is 14.8. The summed E-state index contributed by atoms with van der Waals surface area (Å²) in [5.41, 5.74) is 0.985. The van der Waals surface area contributed by atoms with Crippen LogP contribution in [-0.2, 0) is 6.42 Å². The zero-order valence-corrected chi connectivity index (χ0v) is 11.6. The van der Waals surface area contributed by atoms with E-state index in [1.165, 1.54) is 0 Å². The van der Waals surface area contributed by atoms with E-state index < -0.39 is 0 Å². The number of aliphatic hydroxyl groups excluding tert-OH is 1. The van der Waals surface area contributed by atoms with Gasteiger partial charge in [-0.05, 0) is 39.2 Å². The monoisotopic (exact) mass is 253 g/mol. The van der Waals surface area contributed by atoms with Crippen molar-refractivity contribution in [1.82, 2.24) is 4.98 Å². The van der Waals surface area contributed by atoms with Gasteiger partial charge < -0.3 is 14.6 Å². The van der Waals surface area contributed by atoms with Gasteiger partial charge in [0, 0.05) is 12.1 Å². The number of pyridine rings is 1. The van der Waals surface area contributed by atoms with Gasteiger partial charge in [-0.15, -0.1) is 0 Å². The molecule has 0 spiro atoms. The first-order chi connectivity index (χ1) is 8.55. The van der Waals surface area contributed by atoms with Crippen LogP contribution in [-0.4, -0.2) is 28.9 Å². The van der Waals surface area contributed by atoms with Crippen LogP contribution in [0.1, 0.15) is 39.7 Å². The fourth-order valence-electron chi connectivity index (χ4n) is 1.59. The number of ether oxygens (including phenoxy) is 2. The van der Waals surface area contributed by atoms with Crippen LogP contribution < -0.4 is 9.47 Å². The van der Waals surface area contributed by atoms with E-state index in [4.69, 9.17) is 9.47 Å². The molecule has 0 aromatic carbocycles. The summed E-state index contributed by atoms with van der Waals surface area (Å²) >= 11 is 0. The molecule has 0 saturated carbocycles. The van der Waals surface area contributed by atoms with Crippen LogP contribution in [0.25, 0.3) is 0 Å². The van der Waals surface area contributed by atoms with Crippen molar-refractivity contribution < 1.29 is 14.6 Å². The van der Waals surface area contributed by atoms with Crippen LogP contribution in [0.3, 0.4) is 0 Å². The Hall–Kier alpha value is -1.29. The van der Waals surface area contributed by atoms with Gasteiger partial charge in [-0.25, -0.2) is 0 Å². The minimum absolute atomic E-state index is 0.0679. The average molecular weight is 253 g/mol. The third kappa shape index (κ3) is 4.92. The van der Waals surface area contributed by atoms with Crippen molar-refractivity contribution in [3.05, 3.63) is 17.7 Å². The SMILES string of the molecule is CCOc1cc(CC(O)CC)cc(OC(C)C)n1. The Bertz CT molecular complexity index is 366. The van der Waals surface area contributed by atoms with Crippen molar-refractivity contribution in [3.63, 3.8) is 0 Å². The van der Waals surface area contributed by atoms with E-state index in [1.54, 1.807) is 0 Å². The van der Waals surface area contributed by atoms with Crippen molar-refractivity contribution >= 4 is 0 Å². The Labute approximate surface area is 109 Å². The van der Waals surface area contributed by atoms with Gasteiger partial charge in [-0.3, -0.25) is 0 Å². The van der Waals surface area contributed by atoms with Crippen molar-refractivity contribution in [2.24, 2.45) is 0 Å². The van der Waals surface area contributed by atoms with Gasteiger partial charge in [-0.2, -0.15) is 4.98 Å². The van der Waals surface area contributed by atoms with Crippen LogP contribution in [0, 0.1) is 0 Å². The van der Waals surface area contributed by atoms with Crippen molar-refractivity contribution in [3.8, 4) is 11.8 Å². The molecule has 1 aromatic rings. The molecule has 18 heavy (non-hydrogen) atoms. The number of nitrogens with zero attached hydrogens (tertiary/aromatic N) is 1. The Morgan fingerprint density at radius 2 is 1.89 bits per heavy atom. The molecule has 0 radical (unpaired) electrons. The average Bonchev–Trinajstić information content (AvgIpc) is 2.28. The summed E-state index contributed by atoms with van der Waals surface area (Å²) in [6, 6.07) is 3.72. The second-order valence-corrected chi connectivity index (χ2v) is 4.52. The highest BCUT2D eigenvalue weighted by atomic mass is 16.5. The van der Waals surface area contributed by atoms with E-state index in [9.17, 15) is 5.11 Å². The number of rotatable bonds is 7. The van der Waals surface area contributed by atoms with Gasteiger partial charge in [0.1, 0.15) is 0 Å². The summed E-state index contributed by atoms with van der Waals surface area (Å²) < 4.78 is 11.0. The van der Waals surface area contributed by atoms with E-state index >= 15 is 0 Å². The summed E-state index contributed by atoms with van der Waals surface area (Å²) in [6.45, 7) is 8.35. The van der Waals surface area contributed by atoms with Crippen molar-refractivity contribution in [2.45, 2.75) is 52.7 Å². The summed E-state index contributed by atoms with van der Waals surface area (Å²) in [4.78, 5) is 4.27. The third-order valence-corrected chi connectivity index (χ3v) is 2.43. The molecular weight excluding hydrogens is 230 g/mol. The lowest BCUT2D eigenvalue weighted by molar-refractivity contribution is 0.170. The normalized spacial score (nSPS) is 12.6. The molecule has 1 rings (SSSR count). The van der Waals surface area contributed by atoms with Crippen LogP contribution in [0.4, 0.5) is 0 Å². The summed E-state index contributed by atoms with van der Waals surface area (Å²) in [5.74, 6) is 1.10. The molecule has 1 aromatic heterocycles. The van der Waals surface area contributed by atoms with Gasteiger partial charge in [-0.1, -0.05) is 6.92 Å². The van der Waals surface area contributed by atoms with Crippen molar-refractivity contribution in [1.29, 1.82) is 0 Å². The molecule has 4 nitrogen and oxygen atoms in total. The fraction of sp³-hybridized carbons (Fsp3) is 0.643. The largest absolute Gasteiger partial charge is 0.478 e. The summed E-state index contributed by atoms with van der Waals surface area (Å²) in [5, 5.41) is 9.70. The predicted octanol–water partition coefficient (Wildman–Crippen LogP) is 2.58. The lowest BCUT2D eigenvalue weighted by atomic mass is 10.1. The molecule has 0 bridgehead atoms. The number of aromatic nitrogens is 1. The van der Waals surface area contributed by atoms with E-state index in [1.807, 2.05) is 39.8 Å². The maximum absolute atomic E-state index is 9.70. The minimum Gasteiger partial charge on any atom is -0.478 e. The zero-order valence-electron chi connectivity index (χ0n) is 11.6. The highest BCUT2D eigenvalue weighted by Crippen LogP contribution is 2.20. The Balaban J connectivity index is 2.90. The van der Waals surface area contributed by atoms with E-state index in [2.05, 4.69) is 4.98 Å². The molecule has 4 heteroatoms. The fourth-order valence-corrected chi connectivity index (χ4v) is 1.59. The molecule has 0 aliphatic carbocycles. The molecular formula is C14H23NO3. The van der Waals surface area contributed by atoms with Gasteiger partial charge in [0.2, 0.25) is 11.8 Å². The highest BCUT2D eigenvalue weighted by molar-refractivity contribution is 5.29. The molecule has 1 atom stereocenters. The van der Waals surface area contributed by atoms with E-state index in [0.29, 0.717) is 24.8 Å². The molecule has 1 unspecified atom stereocenters. The Morgan fingerprint density at radius 1 is 1.22 bits per heavy atom. The third-order valence-electron chi connectivity index (χ3n) is 2.43. The molecule has 0 amide bonds. The van der Waals surface area contributed by atoms with E-state index in [-0.39, 0.29) is 12.2 Å². The van der Waals surface area contributed by atoms with E-state index in [0.717, 1.165) is 12.0 Å². The van der Waals surface area contributed by atoms with Gasteiger partial charge >= 0.3 is 0 Å². The molecule has 0 fully saturated rings. The van der Waals surface area contributed by atoms with Gasteiger partial charge in [0.15, 0.2) is 0 Å². The second kappa shape index (κ2) is 7.21. The first-order valence-electron chi connectivity index (χ1n) is 6.53. The minimum atomic E-state index is -0.339. The smallest absolute Gasteiger partial charge is 0.217 e. The molecule has 1 N–H and O–H groups in total. The standard InChI is InChI=1S/C14H23NO3/c1-5-12(16)7-11-8-13(17-6-2)15-14(9-11)18-10(3)4/h8-10,12,16H,5-7H2,1-4H3. The molecule has 0 saturated heterocycles.